The van der Waals surface area contributed by atoms with Gasteiger partial charge in [-0.3, -0.25) is 4.79 Å². The normalized spacial score (nSPS) is 14.3. The van der Waals surface area contributed by atoms with Crippen LogP contribution in [0.3, 0.4) is 0 Å². The topological polar surface area (TPSA) is 55.1 Å². The summed E-state index contributed by atoms with van der Waals surface area (Å²) in [5, 5.41) is 6.98. The maximum atomic E-state index is 12.5. The largest absolute Gasteiger partial charge is 0.360 e. The number of rotatable bonds is 3. The van der Waals surface area contributed by atoms with Crippen LogP contribution in [0.2, 0.25) is 0 Å². The number of fused-ring (bicyclic) bond motifs is 1. The molecule has 1 heterocycles. The third-order valence-electron chi connectivity index (χ3n) is 4.06. The number of hydrogen-bond acceptors (Lipinski definition) is 3. The molecule has 0 aliphatic heterocycles. The molecule has 0 bridgehead atoms. The van der Waals surface area contributed by atoms with Crippen LogP contribution in [0.5, 0.6) is 0 Å². The summed E-state index contributed by atoms with van der Waals surface area (Å²) < 4.78 is 5.37. The molecular formula is C17H20N2O2. The average Bonchev–Trinajstić information content (AvgIpc) is 2.77. The molecule has 1 N–H and O–H groups in total. The smallest absolute Gasteiger partial charge is 0.278 e. The third kappa shape index (κ3) is 2.84. The van der Waals surface area contributed by atoms with Gasteiger partial charge in [0.2, 0.25) is 0 Å². The van der Waals surface area contributed by atoms with Crippen LogP contribution >= 0.6 is 0 Å². The van der Waals surface area contributed by atoms with E-state index in [2.05, 4.69) is 17.4 Å². The van der Waals surface area contributed by atoms with Crippen LogP contribution in [0.4, 0.5) is 5.69 Å². The van der Waals surface area contributed by atoms with Crippen molar-refractivity contribution in [1.82, 2.24) is 5.16 Å². The lowest BCUT2D eigenvalue weighted by molar-refractivity contribution is 0.101. The molecule has 0 saturated heterocycles. The molecule has 3 rings (SSSR count). The van der Waals surface area contributed by atoms with Crippen LogP contribution in [0.25, 0.3) is 0 Å². The summed E-state index contributed by atoms with van der Waals surface area (Å²) in [6.45, 7) is 2.08. The van der Waals surface area contributed by atoms with Gasteiger partial charge in [0, 0.05) is 17.7 Å². The summed E-state index contributed by atoms with van der Waals surface area (Å²) in [6, 6.07) is 7.86. The van der Waals surface area contributed by atoms with Crippen molar-refractivity contribution in [1.29, 1.82) is 0 Å². The first-order valence-electron chi connectivity index (χ1n) is 7.66. The Morgan fingerprint density at radius 3 is 2.90 bits per heavy atom. The van der Waals surface area contributed by atoms with Crippen molar-refractivity contribution in [2.45, 2.75) is 45.4 Å². The molecular weight excluding hydrogens is 264 g/mol. The molecule has 1 aromatic heterocycles. The van der Waals surface area contributed by atoms with Crippen molar-refractivity contribution in [2.24, 2.45) is 0 Å². The van der Waals surface area contributed by atoms with Crippen molar-refractivity contribution in [3.63, 3.8) is 0 Å². The van der Waals surface area contributed by atoms with Crippen LogP contribution in [-0.2, 0) is 19.3 Å². The summed E-state index contributed by atoms with van der Waals surface area (Å²) >= 11 is 0. The quantitative estimate of drug-likeness (QED) is 0.873. The van der Waals surface area contributed by atoms with Gasteiger partial charge in [-0.15, -0.1) is 0 Å². The Labute approximate surface area is 124 Å². The van der Waals surface area contributed by atoms with Crippen LogP contribution in [-0.4, -0.2) is 11.1 Å². The SMILES string of the molecule is CCc1ccccc1NC(=O)c1noc2c1CCCCC2. The minimum absolute atomic E-state index is 0.164. The summed E-state index contributed by atoms with van der Waals surface area (Å²) in [4.78, 5) is 12.5. The zero-order valence-electron chi connectivity index (χ0n) is 12.3. The van der Waals surface area contributed by atoms with Gasteiger partial charge in [-0.25, -0.2) is 0 Å². The van der Waals surface area contributed by atoms with E-state index in [4.69, 9.17) is 4.52 Å². The second-order valence-corrected chi connectivity index (χ2v) is 5.46. The number of carbonyl (C=O) groups excluding carboxylic acids is 1. The Bertz CT molecular complexity index is 646. The van der Waals surface area contributed by atoms with Gasteiger partial charge in [0.1, 0.15) is 5.76 Å². The molecule has 4 nitrogen and oxygen atoms in total. The van der Waals surface area contributed by atoms with Crippen molar-refractivity contribution in [3.8, 4) is 0 Å². The fourth-order valence-corrected chi connectivity index (χ4v) is 2.87. The first-order chi connectivity index (χ1) is 10.3. The van der Waals surface area contributed by atoms with E-state index in [1.54, 1.807) is 0 Å². The van der Waals surface area contributed by atoms with Gasteiger partial charge < -0.3 is 9.84 Å². The van der Waals surface area contributed by atoms with E-state index < -0.39 is 0 Å². The van der Waals surface area contributed by atoms with E-state index in [-0.39, 0.29) is 5.91 Å². The highest BCUT2D eigenvalue weighted by Crippen LogP contribution is 2.25. The molecule has 0 unspecified atom stereocenters. The molecule has 1 aliphatic carbocycles. The molecule has 21 heavy (non-hydrogen) atoms. The number of hydrogen-bond donors (Lipinski definition) is 1. The highest BCUT2D eigenvalue weighted by Gasteiger charge is 2.23. The minimum Gasteiger partial charge on any atom is -0.360 e. The predicted octanol–water partition coefficient (Wildman–Crippen LogP) is 3.76. The van der Waals surface area contributed by atoms with E-state index in [9.17, 15) is 4.79 Å². The zero-order chi connectivity index (χ0) is 14.7. The number of benzene rings is 1. The molecule has 2 aromatic rings. The maximum absolute atomic E-state index is 12.5. The molecule has 1 aliphatic rings. The first kappa shape index (κ1) is 13.9. The number of anilines is 1. The highest BCUT2D eigenvalue weighted by molar-refractivity contribution is 6.04. The maximum Gasteiger partial charge on any atom is 0.278 e. The van der Waals surface area contributed by atoms with Gasteiger partial charge >= 0.3 is 0 Å². The molecule has 110 valence electrons. The Balaban J connectivity index is 1.84. The standard InChI is InChI=1S/C17H20N2O2/c1-2-12-8-6-7-10-14(12)18-17(20)16-13-9-4-3-5-11-15(13)21-19-16/h6-8,10H,2-5,9,11H2,1H3,(H,18,20). The van der Waals surface area contributed by atoms with E-state index in [1.165, 1.54) is 6.42 Å². The van der Waals surface area contributed by atoms with Crippen molar-refractivity contribution in [3.05, 3.63) is 46.8 Å². The van der Waals surface area contributed by atoms with Crippen LogP contribution in [0.15, 0.2) is 28.8 Å². The molecule has 1 amide bonds. The Kier molecular flexibility index (Phi) is 4.04. The number of carbonyl (C=O) groups is 1. The highest BCUT2D eigenvalue weighted by atomic mass is 16.5. The van der Waals surface area contributed by atoms with E-state index in [0.29, 0.717) is 5.69 Å². The van der Waals surface area contributed by atoms with Gasteiger partial charge in [0.25, 0.3) is 5.91 Å². The first-order valence-corrected chi connectivity index (χ1v) is 7.66. The molecule has 0 spiro atoms. The van der Waals surface area contributed by atoms with Gasteiger partial charge in [-0.05, 0) is 37.3 Å². The van der Waals surface area contributed by atoms with Crippen LogP contribution in [0, 0.1) is 0 Å². The number of amides is 1. The molecule has 0 saturated carbocycles. The summed E-state index contributed by atoms with van der Waals surface area (Å²) in [5.74, 6) is 0.726. The van der Waals surface area contributed by atoms with Crippen molar-refractivity contribution >= 4 is 11.6 Å². The van der Waals surface area contributed by atoms with Crippen molar-refractivity contribution in [2.75, 3.05) is 5.32 Å². The van der Waals surface area contributed by atoms with Gasteiger partial charge in [-0.2, -0.15) is 0 Å². The Morgan fingerprint density at radius 1 is 1.24 bits per heavy atom. The van der Waals surface area contributed by atoms with E-state index in [0.717, 1.165) is 54.7 Å². The monoisotopic (exact) mass is 284 g/mol. The average molecular weight is 284 g/mol. The molecule has 0 radical (unpaired) electrons. The van der Waals surface area contributed by atoms with E-state index in [1.807, 2.05) is 24.3 Å². The fourth-order valence-electron chi connectivity index (χ4n) is 2.87. The number of nitrogens with one attached hydrogen (secondary N) is 1. The second kappa shape index (κ2) is 6.12. The van der Waals surface area contributed by atoms with Crippen molar-refractivity contribution < 1.29 is 9.32 Å². The second-order valence-electron chi connectivity index (χ2n) is 5.46. The Hall–Kier alpha value is -2.10. The zero-order valence-corrected chi connectivity index (χ0v) is 12.3. The fraction of sp³-hybridized carbons (Fsp3) is 0.412. The lowest BCUT2D eigenvalue weighted by Crippen LogP contribution is -2.15. The van der Waals surface area contributed by atoms with Gasteiger partial charge in [0.05, 0.1) is 0 Å². The molecule has 0 atom stereocenters. The minimum atomic E-state index is -0.164. The van der Waals surface area contributed by atoms with E-state index >= 15 is 0 Å². The summed E-state index contributed by atoms with van der Waals surface area (Å²) in [5.41, 5.74) is 3.44. The summed E-state index contributed by atoms with van der Waals surface area (Å²) in [7, 11) is 0. The summed E-state index contributed by atoms with van der Waals surface area (Å²) in [6.07, 6.45) is 6.05. The Morgan fingerprint density at radius 2 is 2.05 bits per heavy atom. The number of aromatic nitrogens is 1. The molecule has 0 fully saturated rings. The third-order valence-corrected chi connectivity index (χ3v) is 4.06. The number of aryl methyl sites for hydroxylation is 2. The van der Waals surface area contributed by atoms with Crippen LogP contribution in [0.1, 0.15) is 53.6 Å². The molecule has 1 aromatic carbocycles. The van der Waals surface area contributed by atoms with Gasteiger partial charge in [-0.1, -0.05) is 36.7 Å². The van der Waals surface area contributed by atoms with Gasteiger partial charge in [0.15, 0.2) is 5.69 Å². The van der Waals surface area contributed by atoms with Crippen LogP contribution < -0.4 is 5.32 Å². The lowest BCUT2D eigenvalue weighted by atomic mass is 10.1. The predicted molar refractivity (Wildman–Crippen MR) is 81.5 cm³/mol. The number of para-hydroxylation sites is 1. The molecule has 4 heteroatoms. The number of nitrogens with zero attached hydrogens (tertiary/aromatic N) is 1. The lowest BCUT2D eigenvalue weighted by Gasteiger charge is -2.08.